The minimum atomic E-state index is -1.65. The Balaban J connectivity index is 1.28. The van der Waals surface area contributed by atoms with Crippen molar-refractivity contribution >= 4 is 5.97 Å². The lowest BCUT2D eigenvalue weighted by Gasteiger charge is -2.40. The Morgan fingerprint density at radius 2 is 1.27 bits per heavy atom. The van der Waals surface area contributed by atoms with Crippen molar-refractivity contribution in [3.05, 3.63) is 59.2 Å². The summed E-state index contributed by atoms with van der Waals surface area (Å²) in [6.45, 7) is -1.22. The molecular formula is C27H32O14. The van der Waals surface area contributed by atoms with E-state index in [0.717, 1.165) is 0 Å². The van der Waals surface area contributed by atoms with Crippen molar-refractivity contribution in [1.82, 2.24) is 0 Å². The smallest absolute Gasteiger partial charge is 0.342 e. The molecule has 5 rings (SSSR count). The fourth-order valence-electron chi connectivity index (χ4n) is 5.04. The van der Waals surface area contributed by atoms with Crippen molar-refractivity contribution in [3.8, 4) is 11.5 Å². The SMILES string of the molecule is O=C1O[C@@H](c2ccc(O[C@@H]3O[C@H](CO)[C@@H](O)[C@H](O)[C@H]3O)cc2)Cc2cccc(O[C@@H]3O[C@H](CO)[C@@H](O)[C@H](O)[C@H]3O)c21. The number of aliphatic hydroxyl groups excluding tert-OH is 8. The van der Waals surface area contributed by atoms with Crippen molar-refractivity contribution in [3.63, 3.8) is 0 Å². The Labute approximate surface area is 233 Å². The first kappa shape index (κ1) is 29.6. The zero-order chi connectivity index (χ0) is 29.4. The summed E-state index contributed by atoms with van der Waals surface area (Å²) < 4.78 is 27.7. The summed E-state index contributed by atoms with van der Waals surface area (Å²) in [5.41, 5.74) is 1.30. The highest BCUT2D eigenvalue weighted by Crippen LogP contribution is 2.37. The predicted octanol–water partition coefficient (Wildman–Crippen LogP) is -2.50. The molecule has 41 heavy (non-hydrogen) atoms. The Bertz CT molecular complexity index is 1200. The Kier molecular flexibility index (Phi) is 8.77. The molecule has 14 nitrogen and oxygen atoms in total. The lowest BCUT2D eigenvalue weighted by atomic mass is 9.94. The van der Waals surface area contributed by atoms with Crippen LogP contribution in [0.5, 0.6) is 11.5 Å². The molecule has 3 aliphatic heterocycles. The summed E-state index contributed by atoms with van der Waals surface area (Å²) in [7, 11) is 0. The van der Waals surface area contributed by atoms with E-state index < -0.39 is 86.7 Å². The van der Waals surface area contributed by atoms with E-state index in [2.05, 4.69) is 0 Å². The number of aliphatic hydroxyl groups is 8. The summed E-state index contributed by atoms with van der Waals surface area (Å²) in [5, 5.41) is 79.2. The highest BCUT2D eigenvalue weighted by Gasteiger charge is 2.46. The van der Waals surface area contributed by atoms with Crippen molar-refractivity contribution in [2.45, 2.75) is 73.9 Å². The maximum atomic E-state index is 13.1. The molecule has 2 aromatic carbocycles. The van der Waals surface area contributed by atoms with E-state index >= 15 is 0 Å². The van der Waals surface area contributed by atoms with Gasteiger partial charge in [-0.2, -0.15) is 0 Å². The maximum absolute atomic E-state index is 13.1. The van der Waals surface area contributed by atoms with Crippen LogP contribution < -0.4 is 9.47 Å². The van der Waals surface area contributed by atoms with Crippen molar-refractivity contribution in [1.29, 1.82) is 0 Å². The van der Waals surface area contributed by atoms with E-state index in [1.54, 1.807) is 36.4 Å². The average Bonchev–Trinajstić information content (AvgIpc) is 2.98. The van der Waals surface area contributed by atoms with Crippen LogP contribution >= 0.6 is 0 Å². The summed E-state index contributed by atoms with van der Waals surface area (Å²) in [5.74, 6) is -0.438. The normalized spacial score (nSPS) is 37.2. The van der Waals surface area contributed by atoms with Gasteiger partial charge in [-0.15, -0.1) is 0 Å². The van der Waals surface area contributed by atoms with Gasteiger partial charge in [0.05, 0.1) is 13.2 Å². The first-order chi connectivity index (χ1) is 19.6. The lowest BCUT2D eigenvalue weighted by Crippen LogP contribution is -2.60. The van der Waals surface area contributed by atoms with Gasteiger partial charge in [-0.1, -0.05) is 24.3 Å². The van der Waals surface area contributed by atoms with Crippen LogP contribution in [0.2, 0.25) is 0 Å². The van der Waals surface area contributed by atoms with Gasteiger partial charge in [-0.25, -0.2) is 4.79 Å². The zero-order valence-electron chi connectivity index (χ0n) is 21.5. The summed E-state index contributed by atoms with van der Waals surface area (Å²) in [4.78, 5) is 13.1. The first-order valence-electron chi connectivity index (χ1n) is 13.0. The Morgan fingerprint density at radius 3 is 1.83 bits per heavy atom. The Hall–Kier alpha value is -2.89. The maximum Gasteiger partial charge on any atom is 0.342 e. The van der Waals surface area contributed by atoms with E-state index in [4.69, 9.17) is 23.7 Å². The van der Waals surface area contributed by atoms with Crippen LogP contribution in [0.15, 0.2) is 42.5 Å². The molecule has 0 radical (unpaired) electrons. The highest BCUT2D eigenvalue weighted by atomic mass is 16.7. The van der Waals surface area contributed by atoms with Crippen LogP contribution in [-0.4, -0.2) is 121 Å². The summed E-state index contributed by atoms with van der Waals surface area (Å²) >= 11 is 0. The van der Waals surface area contributed by atoms with Gasteiger partial charge in [0.15, 0.2) is 0 Å². The quantitative estimate of drug-likeness (QED) is 0.159. The third-order valence-electron chi connectivity index (χ3n) is 7.42. The average molecular weight is 581 g/mol. The number of carbonyl (C=O) groups is 1. The minimum Gasteiger partial charge on any atom is -0.462 e. The van der Waals surface area contributed by atoms with E-state index in [-0.39, 0.29) is 23.5 Å². The van der Waals surface area contributed by atoms with Crippen LogP contribution in [0, 0.1) is 0 Å². The minimum absolute atomic E-state index is 0.0264. The van der Waals surface area contributed by atoms with Crippen molar-refractivity contribution in [2.75, 3.05) is 13.2 Å². The van der Waals surface area contributed by atoms with Gasteiger partial charge < -0.3 is 64.5 Å². The highest BCUT2D eigenvalue weighted by molar-refractivity contribution is 5.95. The van der Waals surface area contributed by atoms with Crippen LogP contribution in [0.1, 0.15) is 27.6 Å². The molecule has 0 amide bonds. The number of cyclic esters (lactones) is 1. The van der Waals surface area contributed by atoms with Crippen LogP contribution in [-0.2, 0) is 20.6 Å². The standard InChI is InChI=1S/C27H32O14/c28-9-16-19(30)21(32)23(34)26(40-16)37-13-6-4-11(5-7-13)15-8-12-2-1-3-14(18(12)25(36)38-15)39-27-24(35)22(33)20(31)17(10-29)41-27/h1-7,15-17,19-24,26-35H,8-10H2/t15-,16-,17-,19-,20-,21+,22+,23-,24-,26-,27-/m1/s1. The molecule has 3 aliphatic rings. The second-order valence-corrected chi connectivity index (χ2v) is 10.1. The zero-order valence-corrected chi connectivity index (χ0v) is 21.5. The summed E-state index contributed by atoms with van der Waals surface area (Å²) in [6.07, 6.45) is -15.0. The molecule has 0 aromatic heterocycles. The van der Waals surface area contributed by atoms with E-state index in [9.17, 15) is 45.6 Å². The van der Waals surface area contributed by atoms with E-state index in [1.165, 1.54) is 6.07 Å². The molecule has 2 aromatic rings. The molecule has 11 atom stereocenters. The van der Waals surface area contributed by atoms with Crippen molar-refractivity contribution < 1.29 is 69.3 Å². The predicted molar refractivity (Wildman–Crippen MR) is 134 cm³/mol. The third-order valence-corrected chi connectivity index (χ3v) is 7.42. The Morgan fingerprint density at radius 1 is 0.707 bits per heavy atom. The molecule has 224 valence electrons. The topological polar surface area (TPSA) is 225 Å². The first-order valence-corrected chi connectivity index (χ1v) is 13.0. The van der Waals surface area contributed by atoms with Gasteiger partial charge >= 0.3 is 5.97 Å². The number of carbonyl (C=O) groups excluding carboxylic acids is 1. The number of esters is 1. The van der Waals surface area contributed by atoms with Gasteiger partial charge in [0.1, 0.15) is 72.0 Å². The number of benzene rings is 2. The van der Waals surface area contributed by atoms with Crippen molar-refractivity contribution in [2.24, 2.45) is 0 Å². The molecule has 0 saturated carbocycles. The molecule has 2 fully saturated rings. The largest absolute Gasteiger partial charge is 0.462 e. The molecular weight excluding hydrogens is 548 g/mol. The second-order valence-electron chi connectivity index (χ2n) is 10.1. The molecule has 0 bridgehead atoms. The van der Waals surface area contributed by atoms with Gasteiger partial charge in [0.2, 0.25) is 12.6 Å². The molecule has 0 aliphatic carbocycles. The molecule has 0 spiro atoms. The van der Waals surface area contributed by atoms with E-state index in [1.807, 2.05) is 0 Å². The van der Waals surface area contributed by atoms with Crippen LogP contribution in [0.4, 0.5) is 0 Å². The molecule has 3 heterocycles. The third kappa shape index (κ3) is 5.76. The summed E-state index contributed by atoms with van der Waals surface area (Å²) in [6, 6.07) is 11.2. The fraction of sp³-hybridized carbons (Fsp3) is 0.519. The van der Waals surface area contributed by atoms with E-state index in [0.29, 0.717) is 11.1 Å². The molecule has 14 heteroatoms. The van der Waals surface area contributed by atoms with Gasteiger partial charge in [0, 0.05) is 6.42 Å². The number of ether oxygens (including phenoxy) is 5. The van der Waals surface area contributed by atoms with Crippen LogP contribution in [0.25, 0.3) is 0 Å². The van der Waals surface area contributed by atoms with Gasteiger partial charge in [-0.05, 0) is 29.3 Å². The molecule has 2 saturated heterocycles. The fourth-order valence-corrected chi connectivity index (χ4v) is 5.04. The number of hydrogen-bond donors (Lipinski definition) is 8. The number of hydrogen-bond acceptors (Lipinski definition) is 14. The van der Waals surface area contributed by atoms with Gasteiger partial charge in [0.25, 0.3) is 0 Å². The lowest BCUT2D eigenvalue weighted by molar-refractivity contribution is -0.277. The monoisotopic (exact) mass is 580 g/mol. The molecule has 8 N–H and O–H groups in total. The number of fused-ring (bicyclic) bond motifs is 1. The molecule has 0 unspecified atom stereocenters. The van der Waals surface area contributed by atoms with Crippen LogP contribution in [0.3, 0.4) is 0 Å². The number of rotatable bonds is 7. The van der Waals surface area contributed by atoms with Gasteiger partial charge in [-0.3, -0.25) is 0 Å². The second kappa shape index (κ2) is 12.1.